The van der Waals surface area contributed by atoms with E-state index in [0.29, 0.717) is 17.1 Å². The van der Waals surface area contributed by atoms with Gasteiger partial charge in [0, 0.05) is 43.1 Å². The number of nitrogens with one attached hydrogen (secondary N) is 1. The number of methoxy groups -OCH3 is 1. The molecule has 2 aromatic rings. The molecule has 6 nitrogen and oxygen atoms in total. The van der Waals surface area contributed by atoms with Crippen LogP contribution in [0.4, 0.5) is 11.4 Å². The van der Waals surface area contributed by atoms with Crippen molar-refractivity contribution < 1.29 is 14.3 Å². The number of ether oxygens (including phenoxy) is 2. The first kappa shape index (κ1) is 22.0. The summed E-state index contributed by atoms with van der Waals surface area (Å²) in [5.41, 5.74) is 3.60. The first-order valence-corrected chi connectivity index (χ1v) is 10.6. The molecular weight excluding hydrogens is 378 g/mol. The molecule has 0 atom stereocenters. The van der Waals surface area contributed by atoms with Crippen molar-refractivity contribution in [3.63, 3.8) is 0 Å². The Morgan fingerprint density at radius 3 is 2.40 bits per heavy atom. The van der Waals surface area contributed by atoms with E-state index < -0.39 is 0 Å². The molecule has 0 bridgehead atoms. The summed E-state index contributed by atoms with van der Waals surface area (Å²) in [6.45, 7) is 13.5. The topological polar surface area (TPSA) is 54.0 Å². The fourth-order valence-electron chi connectivity index (χ4n) is 3.66. The van der Waals surface area contributed by atoms with Crippen LogP contribution in [0.25, 0.3) is 0 Å². The van der Waals surface area contributed by atoms with Crippen LogP contribution < -0.4 is 19.7 Å². The Bertz CT molecular complexity index is 874. The molecule has 0 aromatic heterocycles. The van der Waals surface area contributed by atoms with E-state index in [1.807, 2.05) is 26.8 Å². The van der Waals surface area contributed by atoms with E-state index in [1.54, 1.807) is 25.3 Å². The normalized spacial score (nSPS) is 14.7. The van der Waals surface area contributed by atoms with Gasteiger partial charge in [-0.15, -0.1) is 0 Å². The zero-order chi connectivity index (χ0) is 21.7. The van der Waals surface area contributed by atoms with Crippen LogP contribution in [-0.4, -0.2) is 56.7 Å². The molecule has 1 fully saturated rings. The molecular formula is C24H33N3O3. The number of benzene rings is 2. The number of aryl methyl sites for hydroxylation is 1. The predicted molar refractivity (Wildman–Crippen MR) is 122 cm³/mol. The van der Waals surface area contributed by atoms with E-state index in [-0.39, 0.29) is 12.0 Å². The van der Waals surface area contributed by atoms with E-state index in [1.165, 1.54) is 5.69 Å². The predicted octanol–water partition coefficient (Wildman–Crippen LogP) is 4.19. The third kappa shape index (κ3) is 5.25. The smallest absolute Gasteiger partial charge is 0.255 e. The lowest BCUT2D eigenvalue weighted by molar-refractivity contribution is 0.102. The zero-order valence-corrected chi connectivity index (χ0v) is 18.7. The number of hydrogen-bond donors (Lipinski definition) is 1. The van der Waals surface area contributed by atoms with Crippen molar-refractivity contribution in [2.24, 2.45) is 0 Å². The van der Waals surface area contributed by atoms with E-state index in [2.05, 4.69) is 34.2 Å². The lowest BCUT2D eigenvalue weighted by atomic mass is 10.1. The summed E-state index contributed by atoms with van der Waals surface area (Å²) >= 11 is 0. The number of likely N-dealkylation sites (N-methyl/N-ethyl adjacent to an activating group) is 1. The minimum Gasteiger partial charge on any atom is -0.493 e. The van der Waals surface area contributed by atoms with E-state index >= 15 is 0 Å². The van der Waals surface area contributed by atoms with Crippen molar-refractivity contribution in [2.75, 3.05) is 50.1 Å². The molecule has 1 amide bonds. The minimum absolute atomic E-state index is 0.0321. The highest BCUT2D eigenvalue weighted by molar-refractivity contribution is 6.05. The number of piperazine rings is 1. The van der Waals surface area contributed by atoms with Crippen LogP contribution in [0.15, 0.2) is 36.4 Å². The fraction of sp³-hybridized carbons (Fsp3) is 0.458. The molecule has 0 spiro atoms. The molecule has 1 N–H and O–H groups in total. The summed E-state index contributed by atoms with van der Waals surface area (Å²) in [5.74, 6) is 1.01. The Hall–Kier alpha value is -2.73. The minimum atomic E-state index is -0.170. The van der Waals surface area contributed by atoms with Gasteiger partial charge < -0.3 is 24.6 Å². The van der Waals surface area contributed by atoms with Crippen molar-refractivity contribution in [3.05, 3.63) is 47.5 Å². The van der Waals surface area contributed by atoms with Gasteiger partial charge in [-0.05, 0) is 69.3 Å². The second-order valence-electron chi connectivity index (χ2n) is 7.91. The van der Waals surface area contributed by atoms with Gasteiger partial charge in [0.05, 0.1) is 13.2 Å². The number of anilines is 2. The molecule has 1 aliphatic rings. The zero-order valence-electron chi connectivity index (χ0n) is 18.7. The molecule has 1 saturated heterocycles. The molecule has 162 valence electrons. The Balaban J connectivity index is 1.69. The average molecular weight is 412 g/mol. The second-order valence-corrected chi connectivity index (χ2v) is 7.91. The second kappa shape index (κ2) is 9.85. The molecule has 6 heteroatoms. The van der Waals surface area contributed by atoms with Gasteiger partial charge in [0.25, 0.3) is 5.91 Å². The SMILES string of the molecule is CCN1CCN(c2ccc(NC(=O)c3ccc(OC(C)C)c(OC)c3)c(C)c2)CC1. The molecule has 3 rings (SSSR count). The highest BCUT2D eigenvalue weighted by atomic mass is 16.5. The molecule has 1 aliphatic heterocycles. The summed E-state index contributed by atoms with van der Waals surface area (Å²) in [6, 6.07) is 11.5. The molecule has 30 heavy (non-hydrogen) atoms. The quantitative estimate of drug-likeness (QED) is 0.741. The summed E-state index contributed by atoms with van der Waals surface area (Å²) in [7, 11) is 1.58. The fourth-order valence-corrected chi connectivity index (χ4v) is 3.66. The summed E-state index contributed by atoms with van der Waals surface area (Å²) < 4.78 is 11.1. The molecule has 0 saturated carbocycles. The average Bonchev–Trinajstić information content (AvgIpc) is 2.75. The standard InChI is InChI=1S/C24H33N3O3/c1-6-26-11-13-27(14-12-26)20-8-9-21(18(4)15-20)25-24(28)19-7-10-22(30-17(2)3)23(16-19)29-5/h7-10,15-17H,6,11-14H2,1-5H3,(H,25,28). The van der Waals surface area contributed by atoms with Crippen molar-refractivity contribution in [1.82, 2.24) is 4.90 Å². The van der Waals surface area contributed by atoms with Crippen molar-refractivity contribution in [3.8, 4) is 11.5 Å². The van der Waals surface area contributed by atoms with Crippen molar-refractivity contribution >= 4 is 17.3 Å². The molecule has 0 radical (unpaired) electrons. The molecule has 1 heterocycles. The largest absolute Gasteiger partial charge is 0.493 e. The third-order valence-corrected chi connectivity index (χ3v) is 5.43. The first-order chi connectivity index (χ1) is 14.4. The lowest BCUT2D eigenvalue weighted by Gasteiger charge is -2.35. The van der Waals surface area contributed by atoms with Crippen molar-refractivity contribution in [1.29, 1.82) is 0 Å². The van der Waals surface area contributed by atoms with Crippen LogP contribution in [0, 0.1) is 6.92 Å². The van der Waals surface area contributed by atoms with Crippen LogP contribution in [-0.2, 0) is 0 Å². The maximum Gasteiger partial charge on any atom is 0.255 e. The number of carbonyl (C=O) groups excluding carboxylic acids is 1. The molecule has 0 unspecified atom stereocenters. The summed E-state index contributed by atoms with van der Waals surface area (Å²) in [4.78, 5) is 17.7. The lowest BCUT2D eigenvalue weighted by Crippen LogP contribution is -2.46. The summed E-state index contributed by atoms with van der Waals surface area (Å²) in [6.07, 6.45) is 0.0321. The van der Waals surface area contributed by atoms with Gasteiger partial charge in [-0.2, -0.15) is 0 Å². The Kier molecular flexibility index (Phi) is 7.21. The van der Waals surface area contributed by atoms with Crippen LogP contribution in [0.1, 0.15) is 36.7 Å². The van der Waals surface area contributed by atoms with E-state index in [0.717, 1.165) is 44.0 Å². The third-order valence-electron chi connectivity index (χ3n) is 5.43. The summed E-state index contributed by atoms with van der Waals surface area (Å²) in [5, 5.41) is 3.02. The van der Waals surface area contributed by atoms with Crippen LogP contribution >= 0.6 is 0 Å². The van der Waals surface area contributed by atoms with Gasteiger partial charge in [-0.1, -0.05) is 6.92 Å². The number of amides is 1. The number of rotatable bonds is 7. The van der Waals surface area contributed by atoms with Gasteiger partial charge in [-0.25, -0.2) is 0 Å². The first-order valence-electron chi connectivity index (χ1n) is 10.6. The number of hydrogen-bond acceptors (Lipinski definition) is 5. The van der Waals surface area contributed by atoms with Gasteiger partial charge in [0.15, 0.2) is 11.5 Å². The monoisotopic (exact) mass is 411 g/mol. The maximum absolute atomic E-state index is 12.8. The van der Waals surface area contributed by atoms with Crippen LogP contribution in [0.2, 0.25) is 0 Å². The van der Waals surface area contributed by atoms with Gasteiger partial charge >= 0.3 is 0 Å². The van der Waals surface area contributed by atoms with E-state index in [4.69, 9.17) is 9.47 Å². The highest BCUT2D eigenvalue weighted by Crippen LogP contribution is 2.30. The Labute approximate surface area is 179 Å². The highest BCUT2D eigenvalue weighted by Gasteiger charge is 2.17. The number of nitrogens with zero attached hydrogens (tertiary/aromatic N) is 2. The van der Waals surface area contributed by atoms with Crippen LogP contribution in [0.5, 0.6) is 11.5 Å². The maximum atomic E-state index is 12.8. The Morgan fingerprint density at radius 2 is 1.80 bits per heavy atom. The molecule has 2 aromatic carbocycles. The number of carbonyl (C=O) groups is 1. The van der Waals surface area contributed by atoms with Gasteiger partial charge in [-0.3, -0.25) is 4.79 Å². The van der Waals surface area contributed by atoms with Crippen LogP contribution in [0.3, 0.4) is 0 Å². The van der Waals surface area contributed by atoms with Gasteiger partial charge in [0.2, 0.25) is 0 Å². The Morgan fingerprint density at radius 1 is 1.07 bits per heavy atom. The van der Waals surface area contributed by atoms with Gasteiger partial charge in [0.1, 0.15) is 0 Å². The van der Waals surface area contributed by atoms with Crippen molar-refractivity contribution in [2.45, 2.75) is 33.8 Å². The van der Waals surface area contributed by atoms with E-state index in [9.17, 15) is 4.79 Å². The molecule has 0 aliphatic carbocycles.